The van der Waals surface area contributed by atoms with Crippen LogP contribution in [0.25, 0.3) is 10.9 Å². The highest BCUT2D eigenvalue weighted by Crippen LogP contribution is 2.30. The van der Waals surface area contributed by atoms with Crippen molar-refractivity contribution in [2.45, 2.75) is 24.8 Å². The largest absolute Gasteiger partial charge is 0.347 e. The Morgan fingerprint density at radius 2 is 2.04 bits per heavy atom. The van der Waals surface area contributed by atoms with E-state index in [1.54, 1.807) is 35.0 Å². The van der Waals surface area contributed by atoms with Gasteiger partial charge in [0, 0.05) is 43.6 Å². The number of nitrogens with zero attached hydrogens (tertiary/aromatic N) is 4. The van der Waals surface area contributed by atoms with Crippen LogP contribution in [0, 0.1) is 6.92 Å². The molecular formula is C19H23N5O2S. The second kappa shape index (κ2) is 7.03. The van der Waals surface area contributed by atoms with E-state index in [4.69, 9.17) is 0 Å². The summed E-state index contributed by atoms with van der Waals surface area (Å²) < 4.78 is 28.5. The Hall–Kier alpha value is -2.29. The minimum atomic E-state index is -3.64. The van der Waals surface area contributed by atoms with Crippen molar-refractivity contribution in [3.05, 3.63) is 54.2 Å². The highest BCUT2D eigenvalue weighted by atomic mass is 32.2. The molecule has 1 N–H and O–H groups in total. The molecule has 142 valence electrons. The molecule has 0 spiro atoms. The van der Waals surface area contributed by atoms with Crippen molar-refractivity contribution in [1.82, 2.24) is 24.2 Å². The Balaban J connectivity index is 1.74. The molecule has 1 aromatic carbocycles. The number of benzene rings is 1. The van der Waals surface area contributed by atoms with Gasteiger partial charge >= 0.3 is 0 Å². The SMILES string of the molecule is CCN1CCN(S(=O)(=O)c2ccc(C)c3ncccc23)C[C@@H]1c1ncc[nH]1. The van der Waals surface area contributed by atoms with Crippen molar-refractivity contribution < 1.29 is 8.42 Å². The van der Waals surface area contributed by atoms with Crippen LogP contribution in [0.15, 0.2) is 47.8 Å². The summed E-state index contributed by atoms with van der Waals surface area (Å²) in [5.41, 5.74) is 1.70. The smallest absolute Gasteiger partial charge is 0.243 e. The molecule has 8 heteroatoms. The van der Waals surface area contributed by atoms with Gasteiger partial charge in [-0.3, -0.25) is 9.88 Å². The van der Waals surface area contributed by atoms with Crippen molar-refractivity contribution >= 4 is 20.9 Å². The lowest BCUT2D eigenvalue weighted by molar-refractivity contribution is 0.119. The summed E-state index contributed by atoms with van der Waals surface area (Å²) in [6.07, 6.45) is 5.17. The van der Waals surface area contributed by atoms with Gasteiger partial charge < -0.3 is 4.98 Å². The molecule has 0 aliphatic carbocycles. The van der Waals surface area contributed by atoms with E-state index in [-0.39, 0.29) is 6.04 Å². The number of nitrogens with one attached hydrogen (secondary N) is 1. The van der Waals surface area contributed by atoms with Crippen molar-refractivity contribution in [2.75, 3.05) is 26.2 Å². The highest BCUT2D eigenvalue weighted by Gasteiger charge is 2.36. The van der Waals surface area contributed by atoms with Crippen LogP contribution in [0.3, 0.4) is 0 Å². The zero-order valence-corrected chi connectivity index (χ0v) is 16.3. The molecule has 27 heavy (non-hydrogen) atoms. The molecule has 1 fully saturated rings. The van der Waals surface area contributed by atoms with Gasteiger partial charge in [0.1, 0.15) is 5.82 Å². The number of pyridine rings is 1. The van der Waals surface area contributed by atoms with Crippen molar-refractivity contribution in [2.24, 2.45) is 0 Å². The summed E-state index contributed by atoms with van der Waals surface area (Å²) in [6, 6.07) is 7.05. The van der Waals surface area contributed by atoms with Crippen LogP contribution in [0.5, 0.6) is 0 Å². The Bertz CT molecular complexity index is 1050. The molecule has 0 radical (unpaired) electrons. The monoisotopic (exact) mass is 385 g/mol. The van der Waals surface area contributed by atoms with Gasteiger partial charge in [0.2, 0.25) is 10.0 Å². The van der Waals surface area contributed by atoms with Crippen molar-refractivity contribution in [1.29, 1.82) is 0 Å². The average Bonchev–Trinajstić information content (AvgIpc) is 3.22. The fraction of sp³-hybridized carbons (Fsp3) is 0.368. The Morgan fingerprint density at radius 1 is 1.19 bits per heavy atom. The summed E-state index contributed by atoms with van der Waals surface area (Å²) in [5, 5.41) is 0.671. The van der Waals surface area contributed by atoms with E-state index in [1.165, 1.54) is 0 Å². The molecule has 1 aliphatic heterocycles. The van der Waals surface area contributed by atoms with E-state index < -0.39 is 10.0 Å². The van der Waals surface area contributed by atoms with Gasteiger partial charge in [-0.05, 0) is 37.2 Å². The number of likely N-dealkylation sites (N-methyl/N-ethyl adjacent to an activating group) is 1. The van der Waals surface area contributed by atoms with Crippen molar-refractivity contribution in [3.8, 4) is 0 Å². The highest BCUT2D eigenvalue weighted by molar-refractivity contribution is 7.89. The standard InChI is InChI=1S/C19H23N5O2S/c1-3-23-11-12-24(13-16(23)19-21-9-10-22-19)27(25,26)17-7-6-14(2)18-15(17)5-4-8-20-18/h4-10,16H,3,11-13H2,1-2H3,(H,21,22)/t16-/m1/s1. The maximum absolute atomic E-state index is 13.5. The van der Waals surface area contributed by atoms with Gasteiger partial charge in [0.25, 0.3) is 0 Å². The fourth-order valence-electron chi connectivity index (χ4n) is 3.76. The van der Waals surface area contributed by atoms with E-state index in [1.807, 2.05) is 19.1 Å². The van der Waals surface area contributed by atoms with Crippen LogP contribution >= 0.6 is 0 Å². The third-order valence-electron chi connectivity index (χ3n) is 5.24. The van der Waals surface area contributed by atoms with Crippen LogP contribution in [-0.2, 0) is 10.0 Å². The van der Waals surface area contributed by atoms with Crippen LogP contribution in [-0.4, -0.2) is 58.8 Å². The molecule has 1 atom stereocenters. The van der Waals surface area contributed by atoms with Gasteiger partial charge in [0.05, 0.1) is 16.5 Å². The summed E-state index contributed by atoms with van der Waals surface area (Å²) in [7, 11) is -3.64. The second-order valence-electron chi connectivity index (χ2n) is 6.76. The fourth-order valence-corrected chi connectivity index (χ4v) is 5.38. The molecular weight excluding hydrogens is 362 g/mol. The molecule has 3 heterocycles. The first-order valence-corrected chi connectivity index (χ1v) is 10.5. The maximum Gasteiger partial charge on any atom is 0.243 e. The third-order valence-corrected chi connectivity index (χ3v) is 7.17. The molecule has 1 aliphatic rings. The first-order valence-electron chi connectivity index (χ1n) is 9.10. The molecule has 1 saturated heterocycles. The number of aromatic amines is 1. The number of sulfonamides is 1. The van der Waals surface area contributed by atoms with E-state index in [0.717, 1.165) is 23.4 Å². The topological polar surface area (TPSA) is 82.2 Å². The number of aromatic nitrogens is 3. The van der Waals surface area contributed by atoms with Crippen molar-refractivity contribution in [3.63, 3.8) is 0 Å². The van der Waals surface area contributed by atoms with Crippen LogP contribution in [0.4, 0.5) is 0 Å². The lowest BCUT2D eigenvalue weighted by atomic mass is 10.1. The molecule has 0 unspecified atom stereocenters. The Labute approximate surface area is 159 Å². The van der Waals surface area contributed by atoms with Crippen LogP contribution in [0.1, 0.15) is 24.4 Å². The zero-order chi connectivity index (χ0) is 19.0. The average molecular weight is 385 g/mol. The number of hydrogen-bond acceptors (Lipinski definition) is 5. The summed E-state index contributed by atoms with van der Waals surface area (Å²) in [6.45, 7) is 6.38. The van der Waals surface area contributed by atoms with E-state index in [2.05, 4.69) is 26.8 Å². The lowest BCUT2D eigenvalue weighted by Crippen LogP contribution is -2.50. The number of piperazine rings is 1. The number of H-pyrrole nitrogens is 1. The van der Waals surface area contributed by atoms with Gasteiger partial charge in [-0.1, -0.05) is 13.0 Å². The summed E-state index contributed by atoms with van der Waals surface area (Å²) >= 11 is 0. The van der Waals surface area contributed by atoms with Gasteiger partial charge in [0.15, 0.2) is 0 Å². The molecule has 2 aromatic heterocycles. The second-order valence-corrected chi connectivity index (χ2v) is 8.67. The molecule has 0 amide bonds. The van der Waals surface area contributed by atoms with E-state index in [0.29, 0.717) is 29.9 Å². The molecule has 0 saturated carbocycles. The minimum absolute atomic E-state index is 0.0802. The number of fused-ring (bicyclic) bond motifs is 1. The van der Waals surface area contributed by atoms with Gasteiger partial charge in [-0.2, -0.15) is 4.31 Å². The third kappa shape index (κ3) is 3.13. The number of aryl methyl sites for hydroxylation is 1. The lowest BCUT2D eigenvalue weighted by Gasteiger charge is -2.39. The molecule has 3 aromatic rings. The Kier molecular flexibility index (Phi) is 4.71. The quantitative estimate of drug-likeness (QED) is 0.745. The molecule has 4 rings (SSSR count). The first kappa shape index (κ1) is 18.1. The summed E-state index contributed by atoms with van der Waals surface area (Å²) in [4.78, 5) is 14.4. The Morgan fingerprint density at radius 3 is 2.78 bits per heavy atom. The maximum atomic E-state index is 13.5. The molecule has 7 nitrogen and oxygen atoms in total. The van der Waals surface area contributed by atoms with Crippen LogP contribution in [0.2, 0.25) is 0 Å². The first-order chi connectivity index (χ1) is 13.0. The van der Waals surface area contributed by atoms with Crippen LogP contribution < -0.4 is 0 Å². The number of imidazole rings is 1. The zero-order valence-electron chi connectivity index (χ0n) is 15.5. The minimum Gasteiger partial charge on any atom is -0.347 e. The number of rotatable bonds is 4. The molecule has 0 bridgehead atoms. The summed E-state index contributed by atoms with van der Waals surface area (Å²) in [5.74, 6) is 0.798. The number of hydrogen-bond donors (Lipinski definition) is 1. The van der Waals surface area contributed by atoms with Gasteiger partial charge in [-0.25, -0.2) is 13.4 Å². The predicted molar refractivity (Wildman–Crippen MR) is 104 cm³/mol. The van der Waals surface area contributed by atoms with E-state index >= 15 is 0 Å². The normalized spacial score (nSPS) is 19.6. The van der Waals surface area contributed by atoms with E-state index in [9.17, 15) is 8.42 Å². The predicted octanol–water partition coefficient (Wildman–Crippen LogP) is 2.33. The van der Waals surface area contributed by atoms with Gasteiger partial charge in [-0.15, -0.1) is 0 Å².